The van der Waals surface area contributed by atoms with E-state index in [2.05, 4.69) is 21.4 Å². The molecule has 1 amide bonds. The number of carbonyl (C=O) groups is 1. The molecule has 0 unspecified atom stereocenters. The molecule has 0 fully saturated rings. The van der Waals surface area contributed by atoms with E-state index in [1.165, 1.54) is 0 Å². The number of amides is 1. The summed E-state index contributed by atoms with van der Waals surface area (Å²) in [4.78, 5) is 30.8. The molecule has 3 rings (SSSR count). The van der Waals surface area contributed by atoms with Crippen LogP contribution in [0.2, 0.25) is 0 Å². The summed E-state index contributed by atoms with van der Waals surface area (Å²) in [6.07, 6.45) is 1.72. The van der Waals surface area contributed by atoms with Crippen LogP contribution in [0.4, 0.5) is 0 Å². The van der Waals surface area contributed by atoms with Crippen LogP contribution in [0.15, 0.2) is 35.1 Å². The van der Waals surface area contributed by atoms with Gasteiger partial charge in [0, 0.05) is 17.7 Å². The third kappa shape index (κ3) is 4.31. The largest absolute Gasteiger partial charge is 0.493 e. The number of nitrogens with one attached hydrogen (secondary N) is 2. The van der Waals surface area contributed by atoms with Crippen molar-refractivity contribution in [3.63, 3.8) is 0 Å². The molecule has 1 atom stereocenters. The normalized spacial score (nSPS) is 17.0. The van der Waals surface area contributed by atoms with Crippen molar-refractivity contribution in [2.24, 2.45) is 5.92 Å². The number of hydrogen-bond acceptors (Lipinski definition) is 4. The van der Waals surface area contributed by atoms with Gasteiger partial charge in [0.15, 0.2) is 0 Å². The topological polar surface area (TPSA) is 84.1 Å². The zero-order chi connectivity index (χ0) is 18.7. The summed E-state index contributed by atoms with van der Waals surface area (Å²) in [6.45, 7) is 7.08. The molecule has 0 spiro atoms. The summed E-state index contributed by atoms with van der Waals surface area (Å²) in [5.74, 6) is 0.888. The fourth-order valence-corrected chi connectivity index (χ4v) is 3.04. The molecular formula is C20H25N3O3. The Morgan fingerprint density at radius 1 is 1.35 bits per heavy atom. The number of aromatic nitrogens is 2. The molecule has 2 N–H and O–H groups in total. The predicted molar refractivity (Wildman–Crippen MR) is 99.6 cm³/mol. The highest BCUT2D eigenvalue weighted by atomic mass is 16.5. The van der Waals surface area contributed by atoms with E-state index in [0.717, 1.165) is 24.2 Å². The third-order valence-corrected chi connectivity index (χ3v) is 4.60. The van der Waals surface area contributed by atoms with E-state index in [1.807, 2.05) is 39.0 Å². The van der Waals surface area contributed by atoms with Crippen LogP contribution < -0.4 is 15.7 Å². The number of para-hydroxylation sites is 1. The highest BCUT2D eigenvalue weighted by molar-refractivity contribution is 5.92. The molecule has 0 saturated heterocycles. The van der Waals surface area contributed by atoms with Crippen molar-refractivity contribution in [3.05, 3.63) is 57.8 Å². The first-order valence-electron chi connectivity index (χ1n) is 8.93. The standard InChI is InChI=1S/C20H25N3O3/c1-20(2,3)17-11-15(22-19(25)23-17)18(24)21-12-13-8-9-26-16-7-5-4-6-14(16)10-13/h4-7,11,13H,8-10,12H2,1-3H3,(H,21,24)(H,22,23,25)/t13-/m1/s1. The second-order valence-electron chi connectivity index (χ2n) is 7.76. The van der Waals surface area contributed by atoms with Crippen LogP contribution in [0.1, 0.15) is 48.9 Å². The Balaban J connectivity index is 1.68. The Labute approximate surface area is 153 Å². The number of benzene rings is 1. The molecule has 1 aromatic heterocycles. The molecular weight excluding hydrogens is 330 g/mol. The Hall–Kier alpha value is -2.63. The molecule has 0 bridgehead atoms. The van der Waals surface area contributed by atoms with E-state index in [4.69, 9.17) is 4.74 Å². The van der Waals surface area contributed by atoms with Gasteiger partial charge in [-0.1, -0.05) is 39.0 Å². The van der Waals surface area contributed by atoms with E-state index >= 15 is 0 Å². The number of rotatable bonds is 3. The quantitative estimate of drug-likeness (QED) is 0.886. The van der Waals surface area contributed by atoms with Gasteiger partial charge in [0.2, 0.25) is 0 Å². The van der Waals surface area contributed by atoms with Gasteiger partial charge in [-0.2, -0.15) is 4.98 Å². The van der Waals surface area contributed by atoms with Crippen molar-refractivity contribution < 1.29 is 9.53 Å². The molecule has 0 aliphatic carbocycles. The highest BCUT2D eigenvalue weighted by Gasteiger charge is 2.21. The molecule has 1 aliphatic heterocycles. The molecule has 2 aromatic rings. The summed E-state index contributed by atoms with van der Waals surface area (Å²) >= 11 is 0. The first kappa shape index (κ1) is 18.2. The second kappa shape index (κ2) is 7.32. The Kier molecular flexibility index (Phi) is 5.11. The van der Waals surface area contributed by atoms with E-state index in [0.29, 0.717) is 18.8 Å². The van der Waals surface area contributed by atoms with E-state index in [-0.39, 0.29) is 22.9 Å². The number of aromatic amines is 1. The van der Waals surface area contributed by atoms with Crippen LogP contribution in [-0.4, -0.2) is 29.0 Å². The lowest BCUT2D eigenvalue weighted by atomic mass is 9.91. The van der Waals surface area contributed by atoms with E-state index in [9.17, 15) is 9.59 Å². The summed E-state index contributed by atoms with van der Waals surface area (Å²) in [5, 5.41) is 2.92. The van der Waals surface area contributed by atoms with Crippen molar-refractivity contribution in [2.45, 2.75) is 39.0 Å². The van der Waals surface area contributed by atoms with E-state index < -0.39 is 5.69 Å². The number of carbonyl (C=O) groups excluding carboxylic acids is 1. The number of fused-ring (bicyclic) bond motifs is 1. The van der Waals surface area contributed by atoms with Gasteiger partial charge in [0.1, 0.15) is 11.4 Å². The van der Waals surface area contributed by atoms with Gasteiger partial charge >= 0.3 is 5.69 Å². The first-order valence-corrected chi connectivity index (χ1v) is 8.93. The van der Waals surface area contributed by atoms with Gasteiger partial charge in [-0.15, -0.1) is 0 Å². The molecule has 6 nitrogen and oxygen atoms in total. The maximum absolute atomic E-state index is 12.5. The van der Waals surface area contributed by atoms with Crippen LogP contribution >= 0.6 is 0 Å². The lowest BCUT2D eigenvalue weighted by molar-refractivity contribution is 0.0939. The fraction of sp³-hybridized carbons (Fsp3) is 0.450. The van der Waals surface area contributed by atoms with Gasteiger partial charge in [-0.25, -0.2) is 4.79 Å². The average molecular weight is 355 g/mol. The van der Waals surface area contributed by atoms with Crippen LogP contribution in [0.25, 0.3) is 0 Å². The summed E-state index contributed by atoms with van der Waals surface area (Å²) < 4.78 is 5.77. The minimum absolute atomic E-state index is 0.156. The SMILES string of the molecule is CC(C)(C)c1cc(C(=O)NC[C@@H]2CCOc3ccccc3C2)nc(=O)[nH]1. The van der Waals surface area contributed by atoms with Crippen LogP contribution in [-0.2, 0) is 11.8 Å². The summed E-state index contributed by atoms with van der Waals surface area (Å²) in [7, 11) is 0. The maximum Gasteiger partial charge on any atom is 0.345 e. The molecule has 6 heteroatoms. The van der Waals surface area contributed by atoms with Crippen LogP contribution in [0.5, 0.6) is 5.75 Å². The molecule has 1 aliphatic rings. The summed E-state index contributed by atoms with van der Waals surface area (Å²) in [5.41, 5.74) is 1.25. The lowest BCUT2D eigenvalue weighted by Gasteiger charge is -2.19. The number of hydrogen-bond donors (Lipinski definition) is 2. The second-order valence-corrected chi connectivity index (χ2v) is 7.76. The van der Waals surface area contributed by atoms with Crippen LogP contribution in [0, 0.1) is 5.92 Å². The average Bonchev–Trinajstić information content (AvgIpc) is 2.80. The van der Waals surface area contributed by atoms with Gasteiger partial charge in [-0.3, -0.25) is 4.79 Å². The lowest BCUT2D eigenvalue weighted by Crippen LogP contribution is -2.33. The third-order valence-electron chi connectivity index (χ3n) is 4.60. The molecule has 0 saturated carbocycles. The molecule has 26 heavy (non-hydrogen) atoms. The number of ether oxygens (including phenoxy) is 1. The smallest absolute Gasteiger partial charge is 0.345 e. The van der Waals surface area contributed by atoms with Crippen LogP contribution in [0.3, 0.4) is 0 Å². The number of nitrogens with zero attached hydrogens (tertiary/aromatic N) is 1. The maximum atomic E-state index is 12.5. The van der Waals surface area contributed by atoms with E-state index in [1.54, 1.807) is 6.07 Å². The minimum atomic E-state index is -0.501. The Morgan fingerprint density at radius 2 is 2.12 bits per heavy atom. The highest BCUT2D eigenvalue weighted by Crippen LogP contribution is 2.26. The van der Waals surface area contributed by atoms with Gasteiger partial charge in [0.05, 0.1) is 6.61 Å². The van der Waals surface area contributed by atoms with Gasteiger partial charge in [0.25, 0.3) is 5.91 Å². The molecule has 1 aromatic carbocycles. The molecule has 138 valence electrons. The Bertz CT molecular complexity index is 852. The summed E-state index contributed by atoms with van der Waals surface area (Å²) in [6, 6.07) is 9.65. The minimum Gasteiger partial charge on any atom is -0.493 e. The first-order chi connectivity index (χ1) is 12.3. The van der Waals surface area contributed by atoms with Crippen molar-refractivity contribution >= 4 is 5.91 Å². The van der Waals surface area contributed by atoms with Gasteiger partial charge < -0.3 is 15.0 Å². The van der Waals surface area contributed by atoms with Crippen molar-refractivity contribution in [1.29, 1.82) is 0 Å². The van der Waals surface area contributed by atoms with Crippen molar-refractivity contribution in [2.75, 3.05) is 13.2 Å². The van der Waals surface area contributed by atoms with Crippen molar-refractivity contribution in [3.8, 4) is 5.75 Å². The fourth-order valence-electron chi connectivity index (χ4n) is 3.04. The number of H-pyrrole nitrogens is 1. The monoisotopic (exact) mass is 355 g/mol. The predicted octanol–water partition coefficient (Wildman–Crippen LogP) is 2.44. The molecule has 2 heterocycles. The van der Waals surface area contributed by atoms with Crippen molar-refractivity contribution in [1.82, 2.24) is 15.3 Å². The molecule has 0 radical (unpaired) electrons. The Morgan fingerprint density at radius 3 is 2.88 bits per heavy atom. The zero-order valence-electron chi connectivity index (χ0n) is 15.5. The van der Waals surface area contributed by atoms with Gasteiger partial charge in [-0.05, 0) is 36.5 Å². The zero-order valence-corrected chi connectivity index (χ0v) is 15.5.